The summed E-state index contributed by atoms with van der Waals surface area (Å²) in [7, 11) is 0. The smallest absolute Gasteiger partial charge is 0.337 e. The average Bonchev–Trinajstić information content (AvgIpc) is 2.71. The van der Waals surface area contributed by atoms with Crippen LogP contribution >= 0.6 is 0 Å². The topological polar surface area (TPSA) is 64.4 Å². The minimum atomic E-state index is -0.876. The molecule has 1 atom stereocenters. The highest BCUT2D eigenvalue weighted by Crippen LogP contribution is 2.21. The summed E-state index contributed by atoms with van der Waals surface area (Å²) in [4.78, 5) is 25.6. The van der Waals surface area contributed by atoms with Gasteiger partial charge in [0.05, 0.1) is 24.2 Å². The van der Waals surface area contributed by atoms with E-state index in [1.54, 1.807) is 25.5 Å². The maximum Gasteiger partial charge on any atom is 0.337 e. The monoisotopic (exact) mass is 345 g/mol. The third-order valence-electron chi connectivity index (χ3n) is 3.73. The second kappa shape index (κ2) is 8.67. The van der Waals surface area contributed by atoms with Gasteiger partial charge in [0.1, 0.15) is 0 Å². The first-order valence-electron chi connectivity index (χ1n) is 8.40. The zero-order valence-electron chi connectivity index (χ0n) is 14.4. The normalized spacial score (nSPS) is 11.4. The first-order valence-corrected chi connectivity index (χ1v) is 8.40. The number of hydrogen-bond donors (Lipinski definition) is 0. The quantitative estimate of drug-likeness (QED) is 0.506. The molecular formula is C21H19N3O2. The average molecular weight is 345 g/mol. The molecule has 3 aromatic rings. The minimum Gasteiger partial charge on any atom is -0.464 e. The van der Waals surface area contributed by atoms with Crippen LogP contribution in [-0.2, 0) is 9.53 Å². The van der Waals surface area contributed by atoms with Crippen LogP contribution in [0.3, 0.4) is 0 Å². The molecule has 1 aromatic heterocycles. The summed E-state index contributed by atoms with van der Waals surface area (Å²) >= 11 is 0. The van der Waals surface area contributed by atoms with Crippen molar-refractivity contribution in [2.24, 2.45) is 4.99 Å². The van der Waals surface area contributed by atoms with E-state index in [0.29, 0.717) is 11.4 Å². The van der Waals surface area contributed by atoms with Crippen molar-refractivity contribution < 1.29 is 9.53 Å². The van der Waals surface area contributed by atoms with Crippen LogP contribution in [0.4, 0.5) is 0 Å². The Balaban J connectivity index is 2.12. The first-order chi connectivity index (χ1) is 12.8. The van der Waals surface area contributed by atoms with E-state index in [2.05, 4.69) is 9.97 Å². The fourth-order valence-corrected chi connectivity index (χ4v) is 2.55. The van der Waals surface area contributed by atoms with E-state index >= 15 is 0 Å². The van der Waals surface area contributed by atoms with Gasteiger partial charge in [-0.05, 0) is 6.92 Å². The van der Waals surface area contributed by atoms with Crippen molar-refractivity contribution in [3.8, 4) is 0 Å². The van der Waals surface area contributed by atoms with E-state index in [-0.39, 0.29) is 6.61 Å². The van der Waals surface area contributed by atoms with E-state index in [1.807, 2.05) is 60.7 Å². The molecule has 3 rings (SSSR count). The number of hydrogen-bond acceptors (Lipinski definition) is 5. The van der Waals surface area contributed by atoms with E-state index in [0.717, 1.165) is 11.1 Å². The third-order valence-corrected chi connectivity index (χ3v) is 3.73. The summed E-state index contributed by atoms with van der Waals surface area (Å²) < 4.78 is 5.22. The van der Waals surface area contributed by atoms with Crippen LogP contribution in [0.1, 0.15) is 29.8 Å². The van der Waals surface area contributed by atoms with Crippen LogP contribution in [-0.4, -0.2) is 28.3 Å². The van der Waals surface area contributed by atoms with Crippen molar-refractivity contribution >= 4 is 11.7 Å². The van der Waals surface area contributed by atoms with Gasteiger partial charge in [0.25, 0.3) is 0 Å². The molecule has 0 aliphatic heterocycles. The van der Waals surface area contributed by atoms with Crippen LogP contribution in [0.25, 0.3) is 0 Å². The van der Waals surface area contributed by atoms with E-state index in [9.17, 15) is 4.79 Å². The maximum absolute atomic E-state index is 12.5. The number of carbonyl (C=O) groups is 1. The van der Waals surface area contributed by atoms with Crippen LogP contribution in [0.2, 0.25) is 0 Å². The second-order valence-corrected chi connectivity index (χ2v) is 5.49. The lowest BCUT2D eigenvalue weighted by Crippen LogP contribution is -2.18. The standard InChI is InChI=1S/C21H19N3O2/c1-2-26-21(25)20(18-15-22-13-14-23-18)24-19(16-9-5-3-6-10-16)17-11-7-4-8-12-17/h3-15,20H,2H2,1H3/t20-/m1/s1. The number of ether oxygens (including phenoxy) is 1. The lowest BCUT2D eigenvalue weighted by molar-refractivity contribution is -0.144. The number of carbonyl (C=O) groups excluding carboxylic acids is 1. The molecule has 0 aliphatic carbocycles. The van der Waals surface area contributed by atoms with Gasteiger partial charge in [-0.3, -0.25) is 15.0 Å². The van der Waals surface area contributed by atoms with Crippen LogP contribution < -0.4 is 0 Å². The molecule has 0 saturated heterocycles. The Labute approximate surface area is 152 Å². The number of esters is 1. The SMILES string of the molecule is CCOC(=O)[C@H](N=C(c1ccccc1)c1ccccc1)c1cnccn1. The molecule has 1 heterocycles. The predicted octanol–water partition coefficient (Wildman–Crippen LogP) is 3.62. The molecule has 0 aliphatic rings. The Morgan fingerprint density at radius 1 is 1.00 bits per heavy atom. The van der Waals surface area contributed by atoms with Crippen molar-refractivity contribution in [1.82, 2.24) is 9.97 Å². The zero-order valence-corrected chi connectivity index (χ0v) is 14.4. The Morgan fingerprint density at radius 3 is 2.12 bits per heavy atom. The molecule has 0 unspecified atom stereocenters. The number of rotatable bonds is 6. The summed E-state index contributed by atoms with van der Waals surface area (Å²) in [5, 5.41) is 0. The van der Waals surface area contributed by atoms with Crippen molar-refractivity contribution in [3.63, 3.8) is 0 Å². The fourth-order valence-electron chi connectivity index (χ4n) is 2.55. The van der Waals surface area contributed by atoms with Crippen molar-refractivity contribution in [2.75, 3.05) is 6.61 Å². The number of aliphatic imine (C=N–C) groups is 1. The Hall–Kier alpha value is -3.34. The minimum absolute atomic E-state index is 0.275. The lowest BCUT2D eigenvalue weighted by atomic mass is 10.0. The van der Waals surface area contributed by atoms with Crippen molar-refractivity contribution in [2.45, 2.75) is 13.0 Å². The molecule has 0 N–H and O–H groups in total. The number of aromatic nitrogens is 2. The van der Waals surface area contributed by atoms with Gasteiger partial charge in [-0.25, -0.2) is 4.79 Å². The molecule has 0 saturated carbocycles. The second-order valence-electron chi connectivity index (χ2n) is 5.49. The first kappa shape index (κ1) is 17.5. The van der Waals surface area contributed by atoms with Gasteiger partial charge < -0.3 is 4.74 Å². The molecule has 0 radical (unpaired) electrons. The van der Waals surface area contributed by atoms with Gasteiger partial charge in [0, 0.05) is 23.5 Å². The van der Waals surface area contributed by atoms with Gasteiger partial charge in [0.15, 0.2) is 6.04 Å². The maximum atomic E-state index is 12.5. The molecule has 5 heteroatoms. The van der Waals surface area contributed by atoms with Crippen molar-refractivity contribution in [1.29, 1.82) is 0 Å². The fraction of sp³-hybridized carbons (Fsp3) is 0.143. The Morgan fingerprint density at radius 2 is 1.62 bits per heavy atom. The molecule has 5 nitrogen and oxygen atoms in total. The summed E-state index contributed by atoms with van der Waals surface area (Å²) in [6, 6.07) is 18.6. The van der Waals surface area contributed by atoms with Crippen molar-refractivity contribution in [3.05, 3.63) is 96.1 Å². The molecule has 26 heavy (non-hydrogen) atoms. The van der Waals surface area contributed by atoms with E-state index in [1.165, 1.54) is 0 Å². The molecule has 2 aromatic carbocycles. The number of nitrogens with zero attached hydrogens (tertiary/aromatic N) is 3. The molecule has 0 amide bonds. The highest BCUT2D eigenvalue weighted by atomic mass is 16.5. The molecular weight excluding hydrogens is 326 g/mol. The largest absolute Gasteiger partial charge is 0.464 e. The third kappa shape index (κ3) is 4.19. The van der Waals surface area contributed by atoms with Crippen LogP contribution in [0, 0.1) is 0 Å². The van der Waals surface area contributed by atoms with Crippen LogP contribution in [0.5, 0.6) is 0 Å². The van der Waals surface area contributed by atoms with Gasteiger partial charge in [-0.1, -0.05) is 60.7 Å². The summed E-state index contributed by atoms with van der Waals surface area (Å²) in [5.41, 5.74) is 2.99. The Bertz CT molecular complexity index is 824. The van der Waals surface area contributed by atoms with Gasteiger partial charge >= 0.3 is 5.97 Å². The van der Waals surface area contributed by atoms with Gasteiger partial charge in [0.2, 0.25) is 0 Å². The van der Waals surface area contributed by atoms with E-state index < -0.39 is 12.0 Å². The van der Waals surface area contributed by atoms with Crippen LogP contribution in [0.15, 0.2) is 84.2 Å². The summed E-state index contributed by atoms with van der Waals surface area (Å²) in [5.74, 6) is -0.447. The Kier molecular flexibility index (Phi) is 5.83. The van der Waals surface area contributed by atoms with Gasteiger partial charge in [-0.15, -0.1) is 0 Å². The highest BCUT2D eigenvalue weighted by molar-refractivity contribution is 6.13. The molecule has 0 fully saturated rings. The molecule has 0 bridgehead atoms. The molecule has 0 spiro atoms. The zero-order chi connectivity index (χ0) is 18.2. The molecule has 130 valence electrons. The number of benzene rings is 2. The van der Waals surface area contributed by atoms with Gasteiger partial charge in [-0.2, -0.15) is 0 Å². The van der Waals surface area contributed by atoms with E-state index in [4.69, 9.17) is 9.73 Å². The highest BCUT2D eigenvalue weighted by Gasteiger charge is 2.24. The summed E-state index contributed by atoms with van der Waals surface area (Å²) in [6.07, 6.45) is 4.64. The lowest BCUT2D eigenvalue weighted by Gasteiger charge is -2.14. The summed E-state index contributed by atoms with van der Waals surface area (Å²) in [6.45, 7) is 2.04. The predicted molar refractivity (Wildman–Crippen MR) is 99.9 cm³/mol.